The van der Waals surface area contributed by atoms with Crippen LogP contribution < -0.4 is 5.73 Å². The van der Waals surface area contributed by atoms with Crippen molar-refractivity contribution >= 4 is 35.6 Å². The Hall–Kier alpha value is -0.930. The zero-order chi connectivity index (χ0) is 14.7. The molecule has 1 aliphatic heterocycles. The van der Waals surface area contributed by atoms with Gasteiger partial charge in [0.25, 0.3) is 5.91 Å². The zero-order valence-corrected chi connectivity index (χ0v) is 14.2. The summed E-state index contributed by atoms with van der Waals surface area (Å²) >= 11 is 6.14. The van der Waals surface area contributed by atoms with Crippen LogP contribution in [0.5, 0.6) is 0 Å². The van der Waals surface area contributed by atoms with Crippen LogP contribution in [0.1, 0.15) is 43.5 Å². The SMILES string of the molecule is CC(C)C1CCCN(C(=O)c2ccc(N)cc2Cl)CC1.Cl. The Morgan fingerprint density at radius 3 is 2.67 bits per heavy atom. The third kappa shape index (κ3) is 4.52. The van der Waals surface area contributed by atoms with Crippen molar-refractivity contribution in [2.75, 3.05) is 18.8 Å². The lowest BCUT2D eigenvalue weighted by atomic mass is 9.89. The highest BCUT2D eigenvalue weighted by atomic mass is 35.5. The summed E-state index contributed by atoms with van der Waals surface area (Å²) in [5.41, 5.74) is 6.82. The summed E-state index contributed by atoms with van der Waals surface area (Å²) in [6, 6.07) is 5.10. The third-order valence-corrected chi connectivity index (χ3v) is 4.54. The molecule has 0 spiro atoms. The lowest BCUT2D eigenvalue weighted by Gasteiger charge is -2.22. The normalized spacial score (nSPS) is 19.0. The number of amides is 1. The summed E-state index contributed by atoms with van der Waals surface area (Å²) < 4.78 is 0. The minimum atomic E-state index is 0. The standard InChI is InChI=1S/C16H23ClN2O.ClH/c1-11(2)12-4-3-8-19(9-7-12)16(20)14-6-5-13(18)10-15(14)17;/h5-6,10-12H,3-4,7-9,18H2,1-2H3;1H. The lowest BCUT2D eigenvalue weighted by molar-refractivity contribution is 0.0759. The van der Waals surface area contributed by atoms with Gasteiger partial charge in [0.1, 0.15) is 0 Å². The number of nitrogens with zero attached hydrogens (tertiary/aromatic N) is 1. The van der Waals surface area contributed by atoms with Crippen LogP contribution in [0.3, 0.4) is 0 Å². The second-order valence-corrected chi connectivity index (χ2v) is 6.37. The summed E-state index contributed by atoms with van der Waals surface area (Å²) in [6.45, 7) is 6.17. The van der Waals surface area contributed by atoms with E-state index in [1.54, 1.807) is 18.2 Å². The number of rotatable bonds is 2. The molecule has 2 rings (SSSR count). The molecule has 0 radical (unpaired) electrons. The number of nitrogens with two attached hydrogens (primary N) is 1. The van der Waals surface area contributed by atoms with Crippen LogP contribution >= 0.6 is 24.0 Å². The topological polar surface area (TPSA) is 46.3 Å². The summed E-state index contributed by atoms with van der Waals surface area (Å²) in [4.78, 5) is 14.5. The number of benzene rings is 1. The van der Waals surface area contributed by atoms with E-state index in [4.69, 9.17) is 17.3 Å². The highest BCUT2D eigenvalue weighted by Crippen LogP contribution is 2.27. The van der Waals surface area contributed by atoms with Crippen LogP contribution in [0.2, 0.25) is 5.02 Å². The van der Waals surface area contributed by atoms with E-state index in [1.165, 1.54) is 6.42 Å². The quantitative estimate of drug-likeness (QED) is 0.824. The van der Waals surface area contributed by atoms with Gasteiger partial charge >= 0.3 is 0 Å². The molecule has 3 nitrogen and oxygen atoms in total. The van der Waals surface area contributed by atoms with Crippen molar-refractivity contribution in [2.45, 2.75) is 33.1 Å². The molecule has 21 heavy (non-hydrogen) atoms. The van der Waals surface area contributed by atoms with Gasteiger partial charge in [-0.3, -0.25) is 4.79 Å². The van der Waals surface area contributed by atoms with E-state index >= 15 is 0 Å². The molecule has 118 valence electrons. The Kier molecular flexibility index (Phi) is 6.82. The molecule has 1 aromatic carbocycles. The molecule has 1 fully saturated rings. The Bertz CT molecular complexity index is 491. The molecule has 1 atom stereocenters. The number of halogens is 2. The molecule has 0 saturated carbocycles. The fourth-order valence-electron chi connectivity index (χ4n) is 2.87. The van der Waals surface area contributed by atoms with Crippen molar-refractivity contribution in [2.24, 2.45) is 11.8 Å². The number of carbonyl (C=O) groups excluding carboxylic acids is 1. The third-order valence-electron chi connectivity index (χ3n) is 4.23. The zero-order valence-electron chi connectivity index (χ0n) is 12.6. The molecular weight excluding hydrogens is 307 g/mol. The van der Waals surface area contributed by atoms with Gasteiger partial charge in [-0.25, -0.2) is 0 Å². The van der Waals surface area contributed by atoms with E-state index < -0.39 is 0 Å². The summed E-state index contributed by atoms with van der Waals surface area (Å²) in [5, 5.41) is 0.444. The molecule has 2 N–H and O–H groups in total. The van der Waals surface area contributed by atoms with Gasteiger partial charge < -0.3 is 10.6 Å². The van der Waals surface area contributed by atoms with Gasteiger partial charge in [-0.05, 0) is 49.3 Å². The van der Waals surface area contributed by atoms with E-state index in [0.29, 0.717) is 22.2 Å². The van der Waals surface area contributed by atoms with Gasteiger partial charge in [0.15, 0.2) is 0 Å². The minimum Gasteiger partial charge on any atom is -0.399 e. The first-order chi connectivity index (χ1) is 9.49. The molecule has 1 saturated heterocycles. The van der Waals surface area contributed by atoms with Gasteiger partial charge in [0.05, 0.1) is 10.6 Å². The largest absolute Gasteiger partial charge is 0.399 e. The second kappa shape index (κ2) is 7.90. The molecule has 0 bridgehead atoms. The Morgan fingerprint density at radius 1 is 1.33 bits per heavy atom. The van der Waals surface area contributed by atoms with Crippen molar-refractivity contribution in [3.05, 3.63) is 28.8 Å². The highest BCUT2D eigenvalue weighted by Gasteiger charge is 2.24. The minimum absolute atomic E-state index is 0. The van der Waals surface area contributed by atoms with E-state index in [2.05, 4.69) is 13.8 Å². The first-order valence-electron chi connectivity index (χ1n) is 7.33. The Balaban J connectivity index is 0.00000220. The second-order valence-electron chi connectivity index (χ2n) is 5.97. The van der Waals surface area contributed by atoms with Gasteiger partial charge in [-0.1, -0.05) is 25.4 Å². The van der Waals surface area contributed by atoms with Crippen LogP contribution in [-0.4, -0.2) is 23.9 Å². The number of carbonyl (C=O) groups is 1. The molecule has 0 aromatic heterocycles. The molecule has 1 unspecified atom stereocenters. The fraction of sp³-hybridized carbons (Fsp3) is 0.562. The van der Waals surface area contributed by atoms with E-state index in [-0.39, 0.29) is 18.3 Å². The van der Waals surface area contributed by atoms with Crippen LogP contribution in [-0.2, 0) is 0 Å². The first-order valence-corrected chi connectivity index (χ1v) is 7.71. The molecular formula is C16H24Cl2N2O. The van der Waals surface area contributed by atoms with Gasteiger partial charge in [0, 0.05) is 18.8 Å². The Labute approximate surface area is 138 Å². The predicted octanol–water partition coefficient (Wildman–Crippen LogP) is 4.24. The molecule has 1 amide bonds. The molecule has 1 aromatic rings. The summed E-state index contributed by atoms with van der Waals surface area (Å²) in [5.74, 6) is 1.43. The smallest absolute Gasteiger partial charge is 0.255 e. The number of anilines is 1. The average Bonchev–Trinajstić information content (AvgIpc) is 2.63. The molecule has 0 aliphatic carbocycles. The molecule has 5 heteroatoms. The summed E-state index contributed by atoms with van der Waals surface area (Å²) in [7, 11) is 0. The maximum atomic E-state index is 12.6. The van der Waals surface area contributed by atoms with Gasteiger partial charge in [0.2, 0.25) is 0 Å². The van der Waals surface area contributed by atoms with Crippen LogP contribution in [0.4, 0.5) is 5.69 Å². The van der Waals surface area contributed by atoms with Crippen molar-refractivity contribution in [1.29, 1.82) is 0 Å². The van der Waals surface area contributed by atoms with Crippen molar-refractivity contribution in [3.63, 3.8) is 0 Å². The van der Waals surface area contributed by atoms with Crippen molar-refractivity contribution in [3.8, 4) is 0 Å². The number of hydrogen-bond acceptors (Lipinski definition) is 2. The van der Waals surface area contributed by atoms with Gasteiger partial charge in [-0.15, -0.1) is 12.4 Å². The van der Waals surface area contributed by atoms with Crippen molar-refractivity contribution in [1.82, 2.24) is 4.90 Å². The molecule has 1 heterocycles. The average molecular weight is 331 g/mol. The maximum absolute atomic E-state index is 12.6. The lowest BCUT2D eigenvalue weighted by Crippen LogP contribution is -2.32. The number of hydrogen-bond donors (Lipinski definition) is 1. The monoisotopic (exact) mass is 330 g/mol. The number of nitrogen functional groups attached to an aromatic ring is 1. The van der Waals surface area contributed by atoms with Crippen LogP contribution in [0, 0.1) is 11.8 Å². The van der Waals surface area contributed by atoms with E-state index in [1.807, 2.05) is 4.90 Å². The van der Waals surface area contributed by atoms with E-state index in [9.17, 15) is 4.79 Å². The molecule has 1 aliphatic rings. The Morgan fingerprint density at radius 2 is 2.05 bits per heavy atom. The van der Waals surface area contributed by atoms with Crippen LogP contribution in [0.25, 0.3) is 0 Å². The maximum Gasteiger partial charge on any atom is 0.255 e. The predicted molar refractivity (Wildman–Crippen MR) is 91.2 cm³/mol. The first kappa shape index (κ1) is 18.1. The van der Waals surface area contributed by atoms with Crippen LogP contribution in [0.15, 0.2) is 18.2 Å². The number of likely N-dealkylation sites (tertiary alicyclic amines) is 1. The van der Waals surface area contributed by atoms with Gasteiger partial charge in [-0.2, -0.15) is 0 Å². The van der Waals surface area contributed by atoms with Crippen molar-refractivity contribution < 1.29 is 4.79 Å². The highest BCUT2D eigenvalue weighted by molar-refractivity contribution is 6.34. The summed E-state index contributed by atoms with van der Waals surface area (Å²) in [6.07, 6.45) is 3.36. The van der Waals surface area contributed by atoms with E-state index in [0.717, 1.165) is 31.8 Å². The fourth-order valence-corrected chi connectivity index (χ4v) is 3.14.